The zero-order valence-electron chi connectivity index (χ0n) is 13.0. The molecule has 1 fully saturated rings. The lowest BCUT2D eigenvalue weighted by molar-refractivity contribution is 0.210. The van der Waals surface area contributed by atoms with Crippen molar-refractivity contribution in [1.82, 2.24) is 10.6 Å². The normalized spacial score (nSPS) is 17.8. The van der Waals surface area contributed by atoms with Gasteiger partial charge in [-0.15, -0.1) is 0 Å². The Hall–Kier alpha value is -1.76. The van der Waals surface area contributed by atoms with Crippen LogP contribution in [0.2, 0.25) is 0 Å². The van der Waals surface area contributed by atoms with Crippen molar-refractivity contribution in [3.05, 3.63) is 35.1 Å². The van der Waals surface area contributed by atoms with Crippen molar-refractivity contribution in [2.24, 2.45) is 5.41 Å². The van der Waals surface area contributed by atoms with E-state index in [2.05, 4.69) is 17.6 Å². The van der Waals surface area contributed by atoms with Gasteiger partial charge in [-0.2, -0.15) is 0 Å². The number of carbonyl (C=O) groups is 1. The average Bonchev–Trinajstić information content (AvgIpc) is 2.95. The molecular formula is C16H21F3N2O2. The van der Waals surface area contributed by atoms with E-state index in [0.717, 1.165) is 37.8 Å². The average molecular weight is 330 g/mol. The molecule has 2 rings (SSSR count). The summed E-state index contributed by atoms with van der Waals surface area (Å²) < 4.78 is 39.5. The molecule has 1 aromatic carbocycles. The summed E-state index contributed by atoms with van der Waals surface area (Å²) in [7, 11) is 0. The second-order valence-electron chi connectivity index (χ2n) is 6.38. The zero-order chi connectivity index (χ0) is 17.0. The van der Waals surface area contributed by atoms with Crippen LogP contribution in [0.25, 0.3) is 0 Å². The maximum Gasteiger partial charge on any atom is 0.315 e. The predicted octanol–water partition coefficient (Wildman–Crippen LogP) is 3.02. The number of carbonyl (C=O) groups excluding carboxylic acids is 1. The van der Waals surface area contributed by atoms with Gasteiger partial charge in [0.05, 0.1) is 12.6 Å². The highest BCUT2D eigenvalue weighted by Gasteiger charge is 2.29. The number of rotatable bonds is 5. The van der Waals surface area contributed by atoms with Crippen molar-refractivity contribution >= 4 is 6.03 Å². The van der Waals surface area contributed by atoms with E-state index in [-0.39, 0.29) is 11.0 Å². The van der Waals surface area contributed by atoms with Crippen molar-refractivity contribution in [1.29, 1.82) is 0 Å². The molecule has 0 radical (unpaired) electrons. The summed E-state index contributed by atoms with van der Waals surface area (Å²) in [6.07, 6.45) is 4.33. The second kappa shape index (κ2) is 7.21. The first-order chi connectivity index (χ1) is 10.8. The molecule has 0 bridgehead atoms. The Morgan fingerprint density at radius 3 is 2.35 bits per heavy atom. The molecule has 128 valence electrons. The van der Waals surface area contributed by atoms with E-state index in [1.54, 1.807) is 0 Å². The van der Waals surface area contributed by atoms with Crippen LogP contribution < -0.4 is 10.6 Å². The van der Waals surface area contributed by atoms with E-state index < -0.39 is 36.1 Å². The van der Waals surface area contributed by atoms with E-state index in [4.69, 9.17) is 0 Å². The molecule has 1 aromatic rings. The largest absolute Gasteiger partial charge is 0.394 e. The predicted molar refractivity (Wildman–Crippen MR) is 79.3 cm³/mol. The number of urea groups is 1. The first-order valence-corrected chi connectivity index (χ1v) is 7.64. The molecule has 2 amide bonds. The van der Waals surface area contributed by atoms with Gasteiger partial charge in [0.25, 0.3) is 0 Å². The number of amides is 2. The second-order valence-corrected chi connectivity index (χ2v) is 6.38. The maximum atomic E-state index is 13.3. The van der Waals surface area contributed by atoms with Gasteiger partial charge in [0.15, 0.2) is 17.5 Å². The minimum atomic E-state index is -1.58. The highest BCUT2D eigenvalue weighted by Crippen LogP contribution is 2.36. The summed E-state index contributed by atoms with van der Waals surface area (Å²) in [6.45, 7) is 2.02. The van der Waals surface area contributed by atoms with Gasteiger partial charge in [0.2, 0.25) is 0 Å². The maximum absolute atomic E-state index is 13.3. The van der Waals surface area contributed by atoms with Crippen LogP contribution in [0.15, 0.2) is 12.1 Å². The van der Waals surface area contributed by atoms with Gasteiger partial charge in [-0.05, 0) is 36.0 Å². The quantitative estimate of drug-likeness (QED) is 0.727. The number of hydrogen-bond acceptors (Lipinski definition) is 2. The number of halogens is 3. The molecule has 7 heteroatoms. The molecule has 0 spiro atoms. The van der Waals surface area contributed by atoms with Crippen molar-refractivity contribution < 1.29 is 23.1 Å². The molecule has 0 aliphatic heterocycles. The van der Waals surface area contributed by atoms with Gasteiger partial charge in [0, 0.05) is 6.54 Å². The van der Waals surface area contributed by atoms with Crippen LogP contribution in [0.3, 0.4) is 0 Å². The summed E-state index contributed by atoms with van der Waals surface area (Å²) in [4.78, 5) is 11.9. The fourth-order valence-electron chi connectivity index (χ4n) is 2.92. The SMILES string of the molecule is CC1(CNC(=O)NC(CO)c2cc(F)c(F)c(F)c2)CCCC1. The summed E-state index contributed by atoms with van der Waals surface area (Å²) in [6, 6.07) is -0.0336. The van der Waals surface area contributed by atoms with E-state index in [1.165, 1.54) is 0 Å². The monoisotopic (exact) mass is 330 g/mol. The van der Waals surface area contributed by atoms with Gasteiger partial charge in [-0.25, -0.2) is 18.0 Å². The van der Waals surface area contributed by atoms with Gasteiger partial charge in [-0.3, -0.25) is 0 Å². The number of aliphatic hydroxyl groups is 1. The van der Waals surface area contributed by atoms with Crippen molar-refractivity contribution in [3.8, 4) is 0 Å². The fourth-order valence-corrected chi connectivity index (χ4v) is 2.92. The van der Waals surface area contributed by atoms with Gasteiger partial charge in [-0.1, -0.05) is 19.8 Å². The number of hydrogen-bond donors (Lipinski definition) is 3. The van der Waals surface area contributed by atoms with Crippen LogP contribution in [-0.4, -0.2) is 24.3 Å². The Kier molecular flexibility index (Phi) is 5.51. The molecule has 1 unspecified atom stereocenters. The molecule has 3 N–H and O–H groups in total. The Morgan fingerprint density at radius 1 is 1.26 bits per heavy atom. The van der Waals surface area contributed by atoms with Crippen LogP contribution >= 0.6 is 0 Å². The molecule has 4 nitrogen and oxygen atoms in total. The van der Waals surface area contributed by atoms with E-state index >= 15 is 0 Å². The summed E-state index contributed by atoms with van der Waals surface area (Å²) in [5.74, 6) is -4.30. The van der Waals surface area contributed by atoms with E-state index in [0.29, 0.717) is 6.54 Å². The Balaban J connectivity index is 1.97. The third-order valence-electron chi connectivity index (χ3n) is 4.38. The molecule has 0 saturated heterocycles. The molecule has 1 saturated carbocycles. The standard InChI is InChI=1S/C16H21F3N2O2/c1-16(4-2-3-5-16)9-20-15(23)21-13(8-22)10-6-11(17)14(19)12(18)7-10/h6-7,13,22H,2-5,8-9H2,1H3,(H2,20,21,23). The van der Waals surface area contributed by atoms with Gasteiger partial charge >= 0.3 is 6.03 Å². The molecule has 1 atom stereocenters. The minimum absolute atomic E-state index is 0.0360. The smallest absolute Gasteiger partial charge is 0.315 e. The summed E-state index contributed by atoms with van der Waals surface area (Å²) in [5.41, 5.74) is 0.0197. The van der Waals surface area contributed by atoms with E-state index in [1.807, 2.05) is 0 Å². The highest BCUT2D eigenvalue weighted by atomic mass is 19.2. The zero-order valence-corrected chi connectivity index (χ0v) is 13.0. The van der Waals surface area contributed by atoms with Crippen LogP contribution in [0.5, 0.6) is 0 Å². The number of benzene rings is 1. The first-order valence-electron chi connectivity index (χ1n) is 7.64. The van der Waals surface area contributed by atoms with E-state index in [9.17, 15) is 23.1 Å². The Bertz CT molecular complexity index is 551. The number of aliphatic hydroxyl groups excluding tert-OH is 1. The number of nitrogens with one attached hydrogen (secondary N) is 2. The van der Waals surface area contributed by atoms with Crippen LogP contribution in [-0.2, 0) is 0 Å². The molecule has 23 heavy (non-hydrogen) atoms. The van der Waals surface area contributed by atoms with Gasteiger partial charge in [0.1, 0.15) is 0 Å². The minimum Gasteiger partial charge on any atom is -0.394 e. The summed E-state index contributed by atoms with van der Waals surface area (Å²) in [5, 5.41) is 14.5. The van der Waals surface area contributed by atoms with Crippen LogP contribution in [0.4, 0.5) is 18.0 Å². The lowest BCUT2D eigenvalue weighted by atomic mass is 9.89. The van der Waals surface area contributed by atoms with Crippen molar-refractivity contribution in [3.63, 3.8) is 0 Å². The van der Waals surface area contributed by atoms with Crippen molar-refractivity contribution in [2.75, 3.05) is 13.2 Å². The molecule has 1 aliphatic rings. The molecular weight excluding hydrogens is 309 g/mol. The molecule has 0 aromatic heterocycles. The molecule has 0 heterocycles. The Morgan fingerprint density at radius 2 is 1.83 bits per heavy atom. The molecule has 1 aliphatic carbocycles. The fraction of sp³-hybridized carbons (Fsp3) is 0.562. The van der Waals surface area contributed by atoms with Crippen molar-refractivity contribution in [2.45, 2.75) is 38.6 Å². The Labute approximate surface area is 133 Å². The van der Waals surface area contributed by atoms with Gasteiger partial charge < -0.3 is 15.7 Å². The lowest BCUT2D eigenvalue weighted by Crippen LogP contribution is -2.43. The summed E-state index contributed by atoms with van der Waals surface area (Å²) >= 11 is 0. The topological polar surface area (TPSA) is 61.4 Å². The first kappa shape index (κ1) is 17.6. The lowest BCUT2D eigenvalue weighted by Gasteiger charge is -2.25. The third kappa shape index (κ3) is 4.37. The van der Waals surface area contributed by atoms with Crippen LogP contribution in [0.1, 0.15) is 44.2 Å². The third-order valence-corrected chi connectivity index (χ3v) is 4.38. The van der Waals surface area contributed by atoms with Crippen LogP contribution in [0, 0.1) is 22.9 Å². The highest BCUT2D eigenvalue weighted by molar-refractivity contribution is 5.74.